The van der Waals surface area contributed by atoms with Crippen LogP contribution in [0.15, 0.2) is 42.1 Å². The predicted molar refractivity (Wildman–Crippen MR) is 77.4 cm³/mol. The summed E-state index contributed by atoms with van der Waals surface area (Å²) < 4.78 is 4.83. The van der Waals surface area contributed by atoms with Gasteiger partial charge in [-0.3, -0.25) is 0 Å². The maximum atomic E-state index is 11.6. The first-order valence-corrected chi connectivity index (χ1v) is 6.65. The molecule has 0 fully saturated rings. The van der Waals surface area contributed by atoms with Crippen molar-refractivity contribution in [3.05, 3.63) is 47.7 Å². The van der Waals surface area contributed by atoms with Crippen LogP contribution < -0.4 is 0 Å². The van der Waals surface area contributed by atoms with Crippen molar-refractivity contribution in [3.63, 3.8) is 0 Å². The van der Waals surface area contributed by atoms with Gasteiger partial charge in [0.05, 0.1) is 19.1 Å². The zero-order valence-corrected chi connectivity index (χ0v) is 12.0. The number of carbonyl (C=O) groups is 1. The van der Waals surface area contributed by atoms with Crippen molar-refractivity contribution in [2.45, 2.75) is 19.9 Å². The van der Waals surface area contributed by atoms with E-state index in [1.54, 1.807) is 11.8 Å². The minimum absolute atomic E-state index is 0.0641. The Morgan fingerprint density at radius 1 is 1.33 bits per heavy atom. The Balaban J connectivity index is 2.88. The summed E-state index contributed by atoms with van der Waals surface area (Å²) in [6, 6.07) is 13.5. The largest absolute Gasteiger partial charge is 0.462 e. The van der Waals surface area contributed by atoms with Crippen LogP contribution in [0.4, 0.5) is 0 Å². The van der Waals surface area contributed by atoms with Crippen molar-refractivity contribution in [3.8, 4) is 12.1 Å². The lowest BCUT2D eigenvalue weighted by Crippen LogP contribution is -2.20. The predicted octanol–water partition coefficient (Wildman–Crippen LogP) is 2.37. The number of carbonyl (C=O) groups excluding carboxylic acids is 1. The molecule has 21 heavy (non-hydrogen) atoms. The van der Waals surface area contributed by atoms with E-state index in [4.69, 9.17) is 15.3 Å². The van der Waals surface area contributed by atoms with Crippen LogP contribution in [-0.2, 0) is 16.1 Å². The van der Waals surface area contributed by atoms with E-state index >= 15 is 0 Å². The van der Waals surface area contributed by atoms with Gasteiger partial charge in [0.15, 0.2) is 5.57 Å². The molecule has 0 bridgehead atoms. The smallest absolute Gasteiger partial charge is 0.350 e. The summed E-state index contributed by atoms with van der Waals surface area (Å²) in [6.07, 6.45) is 1.77. The summed E-state index contributed by atoms with van der Waals surface area (Å²) in [5, 5.41) is 17.8. The highest BCUT2D eigenvalue weighted by molar-refractivity contribution is 5.92. The zero-order valence-electron chi connectivity index (χ0n) is 12.0. The zero-order chi connectivity index (χ0) is 15.5. The van der Waals surface area contributed by atoms with Crippen molar-refractivity contribution in [2.24, 2.45) is 0 Å². The van der Waals surface area contributed by atoms with Crippen molar-refractivity contribution < 1.29 is 9.53 Å². The van der Waals surface area contributed by atoms with E-state index in [9.17, 15) is 4.79 Å². The third kappa shape index (κ3) is 5.80. The van der Waals surface area contributed by atoms with Crippen molar-refractivity contribution >= 4 is 5.97 Å². The highest BCUT2D eigenvalue weighted by atomic mass is 16.5. The summed E-state index contributed by atoms with van der Waals surface area (Å²) in [5.74, 6) is -0.644. The van der Waals surface area contributed by atoms with Crippen LogP contribution in [-0.4, -0.2) is 24.0 Å². The Hall–Kier alpha value is -2.79. The second-order valence-corrected chi connectivity index (χ2v) is 4.24. The molecule has 108 valence electrons. The van der Waals surface area contributed by atoms with Crippen LogP contribution >= 0.6 is 0 Å². The molecule has 5 nitrogen and oxygen atoms in total. The minimum atomic E-state index is -0.644. The van der Waals surface area contributed by atoms with E-state index in [1.165, 1.54) is 6.20 Å². The Morgan fingerprint density at radius 2 is 2.05 bits per heavy atom. The molecule has 0 saturated heterocycles. The maximum Gasteiger partial charge on any atom is 0.350 e. The standard InChI is InChI=1S/C16H17N3O2/c1-2-21-16(20)15(11-18)13-19(10-6-9-17)12-14-7-4-3-5-8-14/h3-5,7-8,13H,2,6,10,12H2,1H3/b15-13+. The topological polar surface area (TPSA) is 77.1 Å². The molecule has 0 aromatic heterocycles. The van der Waals surface area contributed by atoms with Gasteiger partial charge in [-0.05, 0) is 12.5 Å². The van der Waals surface area contributed by atoms with E-state index in [0.29, 0.717) is 19.5 Å². The fourth-order valence-electron chi connectivity index (χ4n) is 1.72. The van der Waals surface area contributed by atoms with E-state index in [-0.39, 0.29) is 12.2 Å². The van der Waals surface area contributed by atoms with Crippen LogP contribution in [0.5, 0.6) is 0 Å². The van der Waals surface area contributed by atoms with E-state index in [2.05, 4.69) is 6.07 Å². The fraction of sp³-hybridized carbons (Fsp3) is 0.312. The van der Waals surface area contributed by atoms with Crippen LogP contribution in [0, 0.1) is 22.7 Å². The van der Waals surface area contributed by atoms with Gasteiger partial charge in [0, 0.05) is 19.3 Å². The van der Waals surface area contributed by atoms with Crippen LogP contribution in [0.2, 0.25) is 0 Å². The van der Waals surface area contributed by atoms with Crippen molar-refractivity contribution in [2.75, 3.05) is 13.2 Å². The number of rotatable bonds is 7. The molecule has 0 unspecified atom stereocenters. The Bertz CT molecular complexity index is 567. The molecule has 0 aliphatic heterocycles. The van der Waals surface area contributed by atoms with Gasteiger partial charge in [-0.25, -0.2) is 4.79 Å². The summed E-state index contributed by atoms with van der Waals surface area (Å²) in [6.45, 7) is 2.86. The Kier molecular flexibility index (Phi) is 7.10. The molecule has 0 spiro atoms. The lowest BCUT2D eigenvalue weighted by atomic mass is 10.2. The number of esters is 1. The Labute approximate surface area is 124 Å². The van der Waals surface area contributed by atoms with Gasteiger partial charge >= 0.3 is 5.97 Å². The summed E-state index contributed by atoms with van der Waals surface area (Å²) in [4.78, 5) is 13.4. The second kappa shape index (κ2) is 9.17. The summed E-state index contributed by atoms with van der Waals surface area (Å²) >= 11 is 0. The number of hydrogen-bond donors (Lipinski definition) is 0. The second-order valence-electron chi connectivity index (χ2n) is 4.24. The molecule has 0 aliphatic carbocycles. The molecule has 0 atom stereocenters. The average molecular weight is 283 g/mol. The first kappa shape index (κ1) is 16.3. The molecular formula is C16H17N3O2. The van der Waals surface area contributed by atoms with Gasteiger partial charge in [0.1, 0.15) is 6.07 Å². The van der Waals surface area contributed by atoms with Crippen LogP contribution in [0.1, 0.15) is 18.9 Å². The number of benzene rings is 1. The first-order valence-electron chi connectivity index (χ1n) is 6.65. The summed E-state index contributed by atoms with van der Waals surface area (Å²) in [5.41, 5.74) is 0.971. The van der Waals surface area contributed by atoms with Crippen molar-refractivity contribution in [1.82, 2.24) is 4.90 Å². The highest BCUT2D eigenvalue weighted by Gasteiger charge is 2.12. The quantitative estimate of drug-likeness (QED) is 0.436. The van der Waals surface area contributed by atoms with Gasteiger partial charge in [0.25, 0.3) is 0 Å². The SMILES string of the molecule is CCOC(=O)/C(C#N)=C/N(CCC#N)Cc1ccccc1. The van der Waals surface area contributed by atoms with E-state index in [0.717, 1.165) is 5.56 Å². The minimum Gasteiger partial charge on any atom is -0.462 e. The molecule has 0 radical (unpaired) electrons. The molecule has 1 rings (SSSR count). The Morgan fingerprint density at radius 3 is 2.62 bits per heavy atom. The number of hydrogen-bond acceptors (Lipinski definition) is 5. The monoisotopic (exact) mass is 283 g/mol. The first-order chi connectivity index (χ1) is 10.2. The average Bonchev–Trinajstić information content (AvgIpc) is 2.51. The molecule has 0 amide bonds. The molecule has 5 heteroatoms. The van der Waals surface area contributed by atoms with Gasteiger partial charge < -0.3 is 9.64 Å². The number of ether oxygens (including phenoxy) is 1. The molecule has 0 heterocycles. The normalized spacial score (nSPS) is 10.3. The van der Waals surface area contributed by atoms with Gasteiger partial charge in [0.2, 0.25) is 0 Å². The van der Waals surface area contributed by atoms with Gasteiger partial charge in [-0.15, -0.1) is 0 Å². The molecular weight excluding hydrogens is 266 g/mol. The third-order valence-electron chi connectivity index (χ3n) is 2.67. The lowest BCUT2D eigenvalue weighted by molar-refractivity contribution is -0.138. The third-order valence-corrected chi connectivity index (χ3v) is 2.67. The molecule has 0 saturated carbocycles. The van der Waals surface area contributed by atoms with Gasteiger partial charge in [-0.1, -0.05) is 30.3 Å². The molecule has 0 aliphatic rings. The maximum absolute atomic E-state index is 11.6. The van der Waals surface area contributed by atoms with Gasteiger partial charge in [-0.2, -0.15) is 10.5 Å². The fourth-order valence-corrected chi connectivity index (χ4v) is 1.72. The number of nitrogens with zero attached hydrogens (tertiary/aromatic N) is 3. The lowest BCUT2D eigenvalue weighted by Gasteiger charge is -2.19. The van der Waals surface area contributed by atoms with Crippen molar-refractivity contribution in [1.29, 1.82) is 10.5 Å². The van der Waals surface area contributed by atoms with Crippen LogP contribution in [0.25, 0.3) is 0 Å². The molecule has 0 N–H and O–H groups in total. The highest BCUT2D eigenvalue weighted by Crippen LogP contribution is 2.08. The molecule has 1 aromatic carbocycles. The van der Waals surface area contributed by atoms with Crippen LogP contribution in [0.3, 0.4) is 0 Å². The summed E-state index contributed by atoms with van der Waals surface area (Å²) in [7, 11) is 0. The van der Waals surface area contributed by atoms with E-state index < -0.39 is 5.97 Å². The number of nitriles is 2. The van der Waals surface area contributed by atoms with E-state index in [1.807, 2.05) is 36.4 Å². The molecule has 1 aromatic rings.